The number of anilines is 1. The lowest BCUT2D eigenvalue weighted by Gasteiger charge is -2.28. The van der Waals surface area contributed by atoms with Crippen LogP contribution in [0.15, 0.2) is 18.2 Å². The fourth-order valence-electron chi connectivity index (χ4n) is 2.44. The van der Waals surface area contributed by atoms with Crippen molar-refractivity contribution in [3.63, 3.8) is 0 Å². The van der Waals surface area contributed by atoms with Gasteiger partial charge in [0, 0.05) is 12.2 Å². The SMILES string of the molecule is Cc1ccc(NC(=O)C2CCCN(C)C2)cc1C. The molecule has 0 radical (unpaired) electrons. The van der Waals surface area contributed by atoms with Gasteiger partial charge in [0.15, 0.2) is 0 Å². The quantitative estimate of drug-likeness (QED) is 0.870. The van der Waals surface area contributed by atoms with Crippen molar-refractivity contribution in [1.82, 2.24) is 4.90 Å². The standard InChI is InChI=1S/C15H22N2O/c1-11-6-7-14(9-12(11)2)16-15(18)13-5-4-8-17(3)10-13/h6-7,9,13H,4-5,8,10H2,1-3H3,(H,16,18). The van der Waals surface area contributed by atoms with Crippen molar-refractivity contribution >= 4 is 11.6 Å². The molecule has 1 aliphatic heterocycles. The number of amides is 1. The van der Waals surface area contributed by atoms with Gasteiger partial charge in [0.25, 0.3) is 0 Å². The van der Waals surface area contributed by atoms with Crippen LogP contribution in [-0.2, 0) is 4.79 Å². The van der Waals surface area contributed by atoms with Crippen LogP contribution in [0, 0.1) is 19.8 Å². The summed E-state index contributed by atoms with van der Waals surface area (Å²) in [4.78, 5) is 14.4. The molecule has 0 aliphatic carbocycles. The Bertz CT molecular complexity index is 442. The van der Waals surface area contributed by atoms with Gasteiger partial charge in [-0.2, -0.15) is 0 Å². The fraction of sp³-hybridized carbons (Fsp3) is 0.533. The average molecular weight is 246 g/mol. The number of hydrogen-bond acceptors (Lipinski definition) is 2. The summed E-state index contributed by atoms with van der Waals surface area (Å²) >= 11 is 0. The number of nitrogens with one attached hydrogen (secondary N) is 1. The molecule has 0 aromatic heterocycles. The molecule has 1 heterocycles. The van der Waals surface area contributed by atoms with E-state index in [0.29, 0.717) is 0 Å². The molecule has 3 heteroatoms. The van der Waals surface area contributed by atoms with Crippen LogP contribution in [0.1, 0.15) is 24.0 Å². The summed E-state index contributed by atoms with van der Waals surface area (Å²) in [6.45, 7) is 6.13. The Hall–Kier alpha value is -1.35. The lowest BCUT2D eigenvalue weighted by Crippen LogP contribution is -2.38. The second-order valence-electron chi connectivity index (χ2n) is 5.39. The molecule has 0 saturated carbocycles. The maximum atomic E-state index is 12.2. The van der Waals surface area contributed by atoms with E-state index in [0.717, 1.165) is 31.6 Å². The highest BCUT2D eigenvalue weighted by molar-refractivity contribution is 5.92. The Kier molecular flexibility index (Phi) is 4.02. The lowest BCUT2D eigenvalue weighted by atomic mass is 9.97. The summed E-state index contributed by atoms with van der Waals surface area (Å²) in [6.07, 6.45) is 2.11. The topological polar surface area (TPSA) is 32.3 Å². The molecule has 0 bridgehead atoms. The van der Waals surface area contributed by atoms with E-state index < -0.39 is 0 Å². The summed E-state index contributed by atoms with van der Waals surface area (Å²) in [6, 6.07) is 6.07. The van der Waals surface area contributed by atoms with E-state index in [-0.39, 0.29) is 11.8 Å². The number of carbonyl (C=O) groups is 1. The molecule has 1 aromatic rings. The maximum absolute atomic E-state index is 12.2. The van der Waals surface area contributed by atoms with E-state index in [4.69, 9.17) is 0 Å². The van der Waals surface area contributed by atoms with Crippen molar-refractivity contribution in [3.05, 3.63) is 29.3 Å². The van der Waals surface area contributed by atoms with Gasteiger partial charge in [-0.15, -0.1) is 0 Å². The van der Waals surface area contributed by atoms with Crippen LogP contribution in [0.3, 0.4) is 0 Å². The monoisotopic (exact) mass is 246 g/mol. The summed E-state index contributed by atoms with van der Waals surface area (Å²) in [5.74, 6) is 0.287. The number of likely N-dealkylation sites (tertiary alicyclic amines) is 1. The van der Waals surface area contributed by atoms with Crippen molar-refractivity contribution in [2.24, 2.45) is 5.92 Å². The van der Waals surface area contributed by atoms with Crippen molar-refractivity contribution in [2.45, 2.75) is 26.7 Å². The van der Waals surface area contributed by atoms with Gasteiger partial charge in [-0.3, -0.25) is 4.79 Å². The number of hydrogen-bond donors (Lipinski definition) is 1. The fourth-order valence-corrected chi connectivity index (χ4v) is 2.44. The van der Waals surface area contributed by atoms with E-state index in [9.17, 15) is 4.79 Å². The third kappa shape index (κ3) is 3.10. The number of carbonyl (C=O) groups excluding carboxylic acids is 1. The molecule has 1 aromatic carbocycles. The molecular weight excluding hydrogens is 224 g/mol. The highest BCUT2D eigenvalue weighted by atomic mass is 16.1. The Morgan fingerprint density at radius 2 is 2.11 bits per heavy atom. The van der Waals surface area contributed by atoms with Gasteiger partial charge < -0.3 is 10.2 Å². The summed E-state index contributed by atoms with van der Waals surface area (Å²) in [5.41, 5.74) is 3.38. The highest BCUT2D eigenvalue weighted by Crippen LogP contribution is 2.19. The second-order valence-corrected chi connectivity index (χ2v) is 5.39. The van der Waals surface area contributed by atoms with Gasteiger partial charge in [-0.05, 0) is 63.5 Å². The minimum Gasteiger partial charge on any atom is -0.326 e. The molecule has 1 N–H and O–H groups in total. The number of nitrogens with zero attached hydrogens (tertiary/aromatic N) is 1. The molecule has 1 fully saturated rings. The normalized spacial score (nSPS) is 20.7. The number of piperidine rings is 1. The Morgan fingerprint density at radius 1 is 1.33 bits per heavy atom. The molecule has 1 amide bonds. The van der Waals surface area contributed by atoms with Crippen molar-refractivity contribution in [3.8, 4) is 0 Å². The van der Waals surface area contributed by atoms with E-state index in [1.54, 1.807) is 0 Å². The second kappa shape index (κ2) is 5.53. The third-order valence-corrected chi connectivity index (χ3v) is 3.77. The minimum absolute atomic E-state index is 0.130. The zero-order valence-corrected chi connectivity index (χ0v) is 11.5. The molecule has 18 heavy (non-hydrogen) atoms. The molecule has 3 nitrogen and oxygen atoms in total. The number of rotatable bonds is 2. The summed E-state index contributed by atoms with van der Waals surface area (Å²) < 4.78 is 0. The van der Waals surface area contributed by atoms with Gasteiger partial charge in [0.1, 0.15) is 0 Å². The van der Waals surface area contributed by atoms with Gasteiger partial charge in [0.05, 0.1) is 5.92 Å². The molecule has 1 unspecified atom stereocenters. The van der Waals surface area contributed by atoms with Gasteiger partial charge >= 0.3 is 0 Å². The van der Waals surface area contributed by atoms with Gasteiger partial charge in [0.2, 0.25) is 5.91 Å². The summed E-state index contributed by atoms with van der Waals surface area (Å²) in [7, 11) is 2.08. The van der Waals surface area contributed by atoms with Crippen LogP contribution in [-0.4, -0.2) is 30.9 Å². The predicted octanol–water partition coefficient (Wildman–Crippen LogP) is 2.58. The van der Waals surface area contributed by atoms with E-state index in [1.165, 1.54) is 11.1 Å². The zero-order valence-electron chi connectivity index (χ0n) is 11.5. The first-order valence-corrected chi connectivity index (χ1v) is 6.63. The molecular formula is C15H22N2O. The van der Waals surface area contributed by atoms with Crippen molar-refractivity contribution in [2.75, 3.05) is 25.5 Å². The smallest absolute Gasteiger partial charge is 0.228 e. The van der Waals surface area contributed by atoms with E-state index in [2.05, 4.69) is 37.2 Å². The van der Waals surface area contributed by atoms with Gasteiger partial charge in [-0.1, -0.05) is 6.07 Å². The average Bonchev–Trinajstić information content (AvgIpc) is 2.34. The van der Waals surface area contributed by atoms with Crippen LogP contribution < -0.4 is 5.32 Å². The van der Waals surface area contributed by atoms with Crippen LogP contribution >= 0.6 is 0 Å². The van der Waals surface area contributed by atoms with Crippen LogP contribution in [0.2, 0.25) is 0 Å². The molecule has 1 atom stereocenters. The first-order chi connectivity index (χ1) is 8.56. The summed E-state index contributed by atoms with van der Waals surface area (Å²) in [5, 5.41) is 3.03. The number of aryl methyl sites for hydroxylation is 2. The first-order valence-electron chi connectivity index (χ1n) is 6.63. The van der Waals surface area contributed by atoms with E-state index in [1.807, 2.05) is 12.1 Å². The molecule has 1 aliphatic rings. The molecule has 1 saturated heterocycles. The van der Waals surface area contributed by atoms with Gasteiger partial charge in [-0.25, -0.2) is 0 Å². The van der Waals surface area contributed by atoms with Crippen molar-refractivity contribution in [1.29, 1.82) is 0 Å². The Balaban J connectivity index is 2.00. The highest BCUT2D eigenvalue weighted by Gasteiger charge is 2.23. The Labute approximate surface area is 109 Å². The predicted molar refractivity (Wildman–Crippen MR) is 74.8 cm³/mol. The zero-order chi connectivity index (χ0) is 13.1. The van der Waals surface area contributed by atoms with Crippen LogP contribution in [0.4, 0.5) is 5.69 Å². The first kappa shape index (κ1) is 13.1. The van der Waals surface area contributed by atoms with Crippen molar-refractivity contribution < 1.29 is 4.79 Å². The maximum Gasteiger partial charge on any atom is 0.228 e. The molecule has 98 valence electrons. The third-order valence-electron chi connectivity index (χ3n) is 3.77. The van der Waals surface area contributed by atoms with Crippen LogP contribution in [0.5, 0.6) is 0 Å². The lowest BCUT2D eigenvalue weighted by molar-refractivity contribution is -0.121. The number of benzene rings is 1. The molecule has 0 spiro atoms. The Morgan fingerprint density at radius 3 is 2.78 bits per heavy atom. The molecule has 2 rings (SSSR count). The van der Waals surface area contributed by atoms with Crippen LogP contribution in [0.25, 0.3) is 0 Å². The largest absolute Gasteiger partial charge is 0.326 e. The minimum atomic E-state index is 0.130. The van der Waals surface area contributed by atoms with E-state index >= 15 is 0 Å².